The van der Waals surface area contributed by atoms with Crippen molar-refractivity contribution in [1.82, 2.24) is 0 Å². The van der Waals surface area contributed by atoms with Crippen LogP contribution in [0.2, 0.25) is 0 Å². The smallest absolute Gasteiger partial charge is 0.159 e. The molecule has 0 fully saturated rings. The van der Waals surface area contributed by atoms with Gasteiger partial charge in [0.25, 0.3) is 0 Å². The lowest BCUT2D eigenvalue weighted by Gasteiger charge is -2.33. The molecule has 0 aliphatic carbocycles. The summed E-state index contributed by atoms with van der Waals surface area (Å²) in [4.78, 5) is 7.13. The van der Waals surface area contributed by atoms with Crippen molar-refractivity contribution in [2.45, 2.75) is 0 Å². The van der Waals surface area contributed by atoms with E-state index in [0.717, 1.165) is 162 Å². The molecule has 6 heteroatoms. The normalized spacial score (nSPS) is 11.6. The molecule has 0 amide bonds. The molecule has 0 aliphatic heterocycles. The van der Waals surface area contributed by atoms with E-state index in [9.17, 15) is 0 Å². The zero-order chi connectivity index (χ0) is 59.5. The molecular formula is C84H55N3O3. The van der Waals surface area contributed by atoms with Gasteiger partial charge < -0.3 is 28.0 Å². The molecule has 3 aromatic heterocycles. The Hall–Kier alpha value is -12.1. The zero-order valence-electron chi connectivity index (χ0n) is 48.8. The minimum atomic E-state index is 0.797. The second-order valence-corrected chi connectivity index (χ2v) is 22.8. The maximum atomic E-state index is 6.94. The first-order chi connectivity index (χ1) is 44.6. The van der Waals surface area contributed by atoms with Crippen molar-refractivity contribution < 1.29 is 13.3 Å². The van der Waals surface area contributed by atoms with E-state index in [2.05, 4.69) is 318 Å². The molecule has 0 radical (unpaired) electrons. The summed E-state index contributed by atoms with van der Waals surface area (Å²) in [7, 11) is 0. The van der Waals surface area contributed by atoms with Crippen molar-refractivity contribution in [2.24, 2.45) is 0 Å². The van der Waals surface area contributed by atoms with Gasteiger partial charge in [-0.15, -0.1) is 0 Å². The van der Waals surface area contributed by atoms with Crippen molar-refractivity contribution in [2.75, 3.05) is 14.7 Å². The highest BCUT2D eigenvalue weighted by Crippen LogP contribution is 2.49. The fourth-order valence-electron chi connectivity index (χ4n) is 13.1. The van der Waals surface area contributed by atoms with Gasteiger partial charge in [-0.05, 0) is 172 Å². The highest BCUT2D eigenvalue weighted by molar-refractivity contribution is 6.11. The lowest BCUT2D eigenvalue weighted by molar-refractivity contribution is 0.668. The van der Waals surface area contributed by atoms with E-state index >= 15 is 0 Å². The van der Waals surface area contributed by atoms with Crippen LogP contribution in [0.1, 0.15) is 0 Å². The number of benzene rings is 14. The highest BCUT2D eigenvalue weighted by atomic mass is 16.3. The van der Waals surface area contributed by atoms with Crippen molar-refractivity contribution in [3.05, 3.63) is 334 Å². The summed E-state index contributed by atoms with van der Waals surface area (Å²) >= 11 is 0. The Morgan fingerprint density at radius 2 is 0.467 bits per heavy atom. The molecule has 3 heterocycles. The van der Waals surface area contributed by atoms with Crippen LogP contribution < -0.4 is 14.7 Å². The third-order valence-corrected chi connectivity index (χ3v) is 17.4. The van der Waals surface area contributed by atoms with Gasteiger partial charge in [0.15, 0.2) is 5.58 Å². The molecule has 90 heavy (non-hydrogen) atoms. The fraction of sp³-hybridized carbons (Fsp3) is 0. The molecule has 6 nitrogen and oxygen atoms in total. The topological polar surface area (TPSA) is 49.1 Å². The van der Waals surface area contributed by atoms with E-state index in [4.69, 9.17) is 13.3 Å². The van der Waals surface area contributed by atoms with Gasteiger partial charge in [0.2, 0.25) is 0 Å². The molecule has 0 bridgehead atoms. The lowest BCUT2D eigenvalue weighted by Crippen LogP contribution is -2.16. The van der Waals surface area contributed by atoms with Gasteiger partial charge in [0.1, 0.15) is 27.9 Å². The molecule has 0 atom stereocenters. The second-order valence-electron chi connectivity index (χ2n) is 22.8. The van der Waals surface area contributed by atoms with Crippen LogP contribution in [0.25, 0.3) is 110 Å². The monoisotopic (exact) mass is 1150 g/mol. The minimum Gasteiger partial charge on any atom is -0.456 e. The summed E-state index contributed by atoms with van der Waals surface area (Å²) in [5, 5.41) is 6.50. The summed E-state index contributed by atoms with van der Waals surface area (Å²) < 4.78 is 19.5. The first-order valence-electron chi connectivity index (χ1n) is 30.4. The Balaban J connectivity index is 0.889. The van der Waals surface area contributed by atoms with E-state index in [1.165, 1.54) is 0 Å². The number of hydrogen-bond donors (Lipinski definition) is 0. The predicted octanol–water partition coefficient (Wildman–Crippen LogP) is 24.5. The third-order valence-electron chi connectivity index (χ3n) is 17.4. The van der Waals surface area contributed by atoms with E-state index in [1.54, 1.807) is 0 Å². The number of fused-ring (bicyclic) bond motifs is 9. The van der Waals surface area contributed by atoms with Gasteiger partial charge in [0, 0.05) is 60.8 Å². The van der Waals surface area contributed by atoms with Crippen LogP contribution in [0.5, 0.6) is 0 Å². The van der Waals surface area contributed by atoms with Crippen LogP contribution in [0.15, 0.2) is 347 Å². The van der Waals surface area contributed by atoms with Gasteiger partial charge in [-0.25, -0.2) is 0 Å². The van der Waals surface area contributed by atoms with Gasteiger partial charge >= 0.3 is 0 Å². The summed E-state index contributed by atoms with van der Waals surface area (Å²) in [5.74, 6) is 0. The highest BCUT2D eigenvalue weighted by Gasteiger charge is 2.26. The van der Waals surface area contributed by atoms with E-state index < -0.39 is 0 Å². The first-order valence-corrected chi connectivity index (χ1v) is 30.4. The summed E-state index contributed by atoms with van der Waals surface area (Å²) in [6.07, 6.45) is 0. The maximum absolute atomic E-state index is 6.94. The number of furan rings is 3. The molecule has 0 spiro atoms. The predicted molar refractivity (Wildman–Crippen MR) is 374 cm³/mol. The van der Waals surface area contributed by atoms with E-state index in [-0.39, 0.29) is 0 Å². The Labute approximate surface area is 520 Å². The SMILES string of the molecule is c1ccc(-c2ccc(N(c3ccc(-c4ccc5oc6ccccc6c5c4)cc3)c3cc(N(c4ccc(-c5ccccc5)cc4)c4ccc(-c5ccc6oc7ccccc7c6c5)cc4)cc(N(c4ccccc4)c4cccc5c4oc4ccccc45)c3)cc2)cc1. The number of hydrogen-bond acceptors (Lipinski definition) is 6. The van der Waals surface area contributed by atoms with Gasteiger partial charge in [0.05, 0.1) is 22.7 Å². The minimum absolute atomic E-state index is 0.797. The first kappa shape index (κ1) is 52.2. The van der Waals surface area contributed by atoms with Crippen LogP contribution in [-0.4, -0.2) is 0 Å². The molecule has 14 aromatic carbocycles. The Bertz CT molecular complexity index is 5200. The lowest BCUT2D eigenvalue weighted by atomic mass is 10.0. The number of para-hydroxylation sites is 5. The molecule has 0 saturated heterocycles. The molecule has 0 unspecified atom stereocenters. The molecule has 0 N–H and O–H groups in total. The van der Waals surface area contributed by atoms with Gasteiger partial charge in [-0.3, -0.25) is 0 Å². The van der Waals surface area contributed by atoms with Crippen LogP contribution in [0.4, 0.5) is 51.2 Å². The maximum Gasteiger partial charge on any atom is 0.159 e. The summed E-state index contributed by atoms with van der Waals surface area (Å²) in [6, 6.07) is 119. The molecule has 424 valence electrons. The van der Waals surface area contributed by atoms with Crippen molar-refractivity contribution in [3.63, 3.8) is 0 Å². The van der Waals surface area contributed by atoms with Gasteiger partial charge in [-0.2, -0.15) is 0 Å². The van der Waals surface area contributed by atoms with Crippen LogP contribution in [0.3, 0.4) is 0 Å². The Morgan fingerprint density at radius 1 is 0.167 bits per heavy atom. The average molecular weight is 1150 g/mol. The molecular weight excluding hydrogens is 1100 g/mol. The molecule has 0 saturated carbocycles. The molecule has 17 aromatic rings. The number of nitrogens with zero attached hydrogens (tertiary/aromatic N) is 3. The van der Waals surface area contributed by atoms with E-state index in [0.29, 0.717) is 0 Å². The van der Waals surface area contributed by atoms with Gasteiger partial charge in [-0.1, -0.05) is 206 Å². The largest absolute Gasteiger partial charge is 0.456 e. The Kier molecular flexibility index (Phi) is 12.8. The second kappa shape index (κ2) is 22.0. The third kappa shape index (κ3) is 9.39. The Morgan fingerprint density at radius 3 is 0.900 bits per heavy atom. The number of anilines is 9. The summed E-state index contributed by atoms with van der Waals surface area (Å²) in [5.41, 5.74) is 22.8. The molecule has 0 aliphatic rings. The summed E-state index contributed by atoms with van der Waals surface area (Å²) in [6.45, 7) is 0. The zero-order valence-corrected chi connectivity index (χ0v) is 48.8. The molecule has 17 rings (SSSR count). The number of rotatable bonds is 13. The van der Waals surface area contributed by atoms with Crippen LogP contribution >= 0.6 is 0 Å². The van der Waals surface area contributed by atoms with Crippen molar-refractivity contribution in [1.29, 1.82) is 0 Å². The standard InChI is InChI=1S/C84H55N3O3/c1-4-17-56(18-5-1)58-31-41-65(42-32-58)85(67-45-35-60(36-46-67)62-39-49-82-76(51-62)73-24-11-13-28-79(73)88-82)69-53-70(55-71(54-69)87(64-21-8-3-9-22-64)78-27-16-26-75-72-23-10-15-30-81(72)90-84(75)78)86(66-43-33-59(34-44-66)57-19-6-2-7-20-57)68-47-37-61(38-48-68)63-40-50-83-77(52-63)74-25-12-14-29-80(74)89-83/h1-55H. The van der Waals surface area contributed by atoms with Crippen molar-refractivity contribution >= 4 is 117 Å². The average Bonchev–Trinajstić information content (AvgIpc) is 2.23. The van der Waals surface area contributed by atoms with Crippen LogP contribution in [0, 0.1) is 0 Å². The fourth-order valence-corrected chi connectivity index (χ4v) is 13.1. The van der Waals surface area contributed by atoms with Crippen LogP contribution in [-0.2, 0) is 0 Å². The quantitative estimate of drug-likeness (QED) is 0.115. The van der Waals surface area contributed by atoms with E-state index in [1.807, 2.05) is 30.3 Å². The van der Waals surface area contributed by atoms with Crippen molar-refractivity contribution in [3.8, 4) is 44.5 Å².